The third kappa shape index (κ3) is 4.07. The van der Waals surface area contributed by atoms with Gasteiger partial charge in [-0.2, -0.15) is 0 Å². The second kappa shape index (κ2) is 6.89. The molecule has 1 amide bonds. The standard InChI is InChI=1S/C15H20N2O2S/c1-15(4-7-19-8-5-15)11-17-14(18)12-9-13(20-10-12)3-2-6-16/h9-10H,4-8,11,16H2,1H3,(H,17,18). The van der Waals surface area contributed by atoms with Gasteiger partial charge in [-0.1, -0.05) is 18.8 Å². The highest BCUT2D eigenvalue weighted by Crippen LogP contribution is 2.28. The van der Waals surface area contributed by atoms with E-state index < -0.39 is 0 Å². The Labute approximate surface area is 123 Å². The first-order valence-corrected chi connectivity index (χ1v) is 7.64. The molecule has 108 valence electrons. The summed E-state index contributed by atoms with van der Waals surface area (Å²) >= 11 is 1.47. The molecule has 1 fully saturated rings. The van der Waals surface area contributed by atoms with Gasteiger partial charge in [0.2, 0.25) is 0 Å². The van der Waals surface area contributed by atoms with Crippen LogP contribution < -0.4 is 11.1 Å². The molecule has 1 aromatic heterocycles. The number of carbonyl (C=O) groups is 1. The maximum absolute atomic E-state index is 12.1. The molecule has 1 aliphatic heterocycles. The first-order valence-electron chi connectivity index (χ1n) is 6.76. The van der Waals surface area contributed by atoms with Crippen molar-refractivity contribution >= 4 is 17.2 Å². The molecule has 0 bridgehead atoms. The van der Waals surface area contributed by atoms with Crippen LogP contribution >= 0.6 is 11.3 Å². The number of nitrogens with two attached hydrogens (primary N) is 1. The van der Waals surface area contributed by atoms with Crippen LogP contribution in [-0.2, 0) is 4.74 Å². The fourth-order valence-electron chi connectivity index (χ4n) is 2.10. The monoisotopic (exact) mass is 292 g/mol. The Hall–Kier alpha value is -1.35. The molecule has 2 heterocycles. The lowest BCUT2D eigenvalue weighted by atomic mass is 9.82. The lowest BCUT2D eigenvalue weighted by Crippen LogP contribution is -2.39. The van der Waals surface area contributed by atoms with Crippen LogP contribution in [-0.4, -0.2) is 32.2 Å². The molecule has 0 radical (unpaired) electrons. The average Bonchev–Trinajstić information content (AvgIpc) is 2.92. The van der Waals surface area contributed by atoms with Gasteiger partial charge in [0.15, 0.2) is 0 Å². The van der Waals surface area contributed by atoms with Crippen LogP contribution in [0.25, 0.3) is 0 Å². The van der Waals surface area contributed by atoms with Crippen molar-refractivity contribution in [2.45, 2.75) is 19.8 Å². The van der Waals surface area contributed by atoms with Gasteiger partial charge in [-0.05, 0) is 24.3 Å². The van der Waals surface area contributed by atoms with E-state index in [1.165, 1.54) is 11.3 Å². The molecule has 1 aromatic rings. The first kappa shape index (κ1) is 15.0. The van der Waals surface area contributed by atoms with Gasteiger partial charge in [0, 0.05) is 25.1 Å². The number of rotatable bonds is 3. The van der Waals surface area contributed by atoms with E-state index in [4.69, 9.17) is 10.5 Å². The van der Waals surface area contributed by atoms with E-state index in [-0.39, 0.29) is 11.3 Å². The maximum atomic E-state index is 12.1. The van der Waals surface area contributed by atoms with E-state index in [9.17, 15) is 4.79 Å². The zero-order valence-corrected chi connectivity index (χ0v) is 12.5. The number of nitrogens with one attached hydrogen (secondary N) is 1. The zero-order valence-electron chi connectivity index (χ0n) is 11.7. The molecule has 0 saturated carbocycles. The summed E-state index contributed by atoms with van der Waals surface area (Å²) in [6.07, 6.45) is 1.98. The maximum Gasteiger partial charge on any atom is 0.252 e. The van der Waals surface area contributed by atoms with Gasteiger partial charge in [-0.15, -0.1) is 11.3 Å². The second-order valence-electron chi connectivity index (χ2n) is 5.31. The third-order valence-electron chi connectivity index (χ3n) is 3.55. The Morgan fingerprint density at radius 3 is 3.00 bits per heavy atom. The highest BCUT2D eigenvalue weighted by molar-refractivity contribution is 7.10. The summed E-state index contributed by atoms with van der Waals surface area (Å²) in [6, 6.07) is 1.81. The molecule has 2 rings (SSSR count). The minimum absolute atomic E-state index is 0.0326. The van der Waals surface area contributed by atoms with Gasteiger partial charge in [-0.25, -0.2) is 0 Å². The van der Waals surface area contributed by atoms with Crippen molar-refractivity contribution in [1.82, 2.24) is 5.32 Å². The third-order valence-corrected chi connectivity index (χ3v) is 4.40. The lowest BCUT2D eigenvalue weighted by molar-refractivity contribution is 0.0238. The first-order chi connectivity index (χ1) is 9.63. The molecule has 0 atom stereocenters. The molecular formula is C15H20N2O2S. The number of hydrogen-bond donors (Lipinski definition) is 2. The number of ether oxygens (including phenoxy) is 1. The molecule has 20 heavy (non-hydrogen) atoms. The Balaban J connectivity index is 1.89. The summed E-state index contributed by atoms with van der Waals surface area (Å²) in [6.45, 7) is 4.78. The second-order valence-corrected chi connectivity index (χ2v) is 6.22. The van der Waals surface area contributed by atoms with E-state index in [0.29, 0.717) is 18.7 Å². The summed E-state index contributed by atoms with van der Waals surface area (Å²) in [5.74, 6) is 5.70. The molecule has 0 aromatic carbocycles. The van der Waals surface area contributed by atoms with E-state index >= 15 is 0 Å². The van der Waals surface area contributed by atoms with E-state index in [2.05, 4.69) is 24.1 Å². The molecule has 0 unspecified atom stereocenters. The predicted molar refractivity (Wildman–Crippen MR) is 80.7 cm³/mol. The van der Waals surface area contributed by atoms with Crippen LogP contribution in [0.15, 0.2) is 11.4 Å². The number of thiophene rings is 1. The van der Waals surface area contributed by atoms with E-state index in [1.54, 1.807) is 0 Å². The van der Waals surface area contributed by atoms with Crippen molar-refractivity contribution in [3.63, 3.8) is 0 Å². The van der Waals surface area contributed by atoms with Crippen LogP contribution in [0.2, 0.25) is 0 Å². The molecule has 3 N–H and O–H groups in total. The fraction of sp³-hybridized carbons (Fsp3) is 0.533. The SMILES string of the molecule is CC1(CNC(=O)c2csc(C#CCN)c2)CCOCC1. The smallest absolute Gasteiger partial charge is 0.252 e. The van der Waals surface area contributed by atoms with Crippen LogP contribution in [0.1, 0.15) is 35.0 Å². The molecular weight excluding hydrogens is 272 g/mol. The van der Waals surface area contributed by atoms with Crippen molar-refractivity contribution in [2.75, 3.05) is 26.3 Å². The largest absolute Gasteiger partial charge is 0.381 e. The molecule has 5 heteroatoms. The van der Waals surface area contributed by atoms with Crippen molar-refractivity contribution in [3.05, 3.63) is 21.9 Å². The summed E-state index contributed by atoms with van der Waals surface area (Å²) in [5, 5.41) is 4.85. The van der Waals surface area contributed by atoms with Crippen LogP contribution in [0.3, 0.4) is 0 Å². The quantitative estimate of drug-likeness (QED) is 0.832. The minimum Gasteiger partial charge on any atom is -0.381 e. The van der Waals surface area contributed by atoms with E-state index in [0.717, 1.165) is 30.9 Å². The predicted octanol–water partition coefficient (Wildman–Crippen LogP) is 1.60. The summed E-state index contributed by atoms with van der Waals surface area (Å²) in [7, 11) is 0. The van der Waals surface area contributed by atoms with Gasteiger partial charge in [0.25, 0.3) is 5.91 Å². The average molecular weight is 292 g/mol. The summed E-state index contributed by atoms with van der Waals surface area (Å²) in [4.78, 5) is 13.0. The normalized spacial score (nSPS) is 17.1. The number of carbonyl (C=O) groups excluding carboxylic acids is 1. The molecule has 0 aliphatic carbocycles. The molecule has 1 saturated heterocycles. The van der Waals surface area contributed by atoms with Crippen LogP contribution in [0.4, 0.5) is 0 Å². The van der Waals surface area contributed by atoms with Gasteiger partial charge in [-0.3, -0.25) is 4.79 Å². The molecule has 0 spiro atoms. The van der Waals surface area contributed by atoms with Gasteiger partial charge in [0.1, 0.15) is 0 Å². The van der Waals surface area contributed by atoms with Crippen LogP contribution in [0, 0.1) is 17.3 Å². The summed E-state index contributed by atoms with van der Waals surface area (Å²) < 4.78 is 5.36. The van der Waals surface area contributed by atoms with Crippen molar-refractivity contribution in [2.24, 2.45) is 11.1 Å². The number of amides is 1. The summed E-state index contributed by atoms with van der Waals surface area (Å²) in [5.41, 5.74) is 6.15. The topological polar surface area (TPSA) is 64.4 Å². The van der Waals surface area contributed by atoms with E-state index in [1.807, 2.05) is 11.4 Å². The molecule has 1 aliphatic rings. The van der Waals surface area contributed by atoms with Gasteiger partial charge < -0.3 is 15.8 Å². The minimum atomic E-state index is -0.0326. The van der Waals surface area contributed by atoms with Gasteiger partial charge in [0.05, 0.1) is 17.0 Å². The Kier molecular flexibility index (Phi) is 5.18. The zero-order chi connectivity index (χ0) is 14.4. The van der Waals surface area contributed by atoms with Crippen molar-refractivity contribution in [3.8, 4) is 11.8 Å². The molecule has 4 nitrogen and oxygen atoms in total. The van der Waals surface area contributed by atoms with Crippen molar-refractivity contribution < 1.29 is 9.53 Å². The fourth-order valence-corrected chi connectivity index (χ4v) is 2.85. The Morgan fingerprint density at radius 2 is 2.30 bits per heavy atom. The van der Waals surface area contributed by atoms with Crippen molar-refractivity contribution in [1.29, 1.82) is 0 Å². The highest BCUT2D eigenvalue weighted by Gasteiger charge is 2.27. The number of hydrogen-bond acceptors (Lipinski definition) is 4. The van der Waals surface area contributed by atoms with Gasteiger partial charge >= 0.3 is 0 Å². The lowest BCUT2D eigenvalue weighted by Gasteiger charge is -2.33. The highest BCUT2D eigenvalue weighted by atomic mass is 32.1. The van der Waals surface area contributed by atoms with Crippen LogP contribution in [0.5, 0.6) is 0 Å². The Bertz CT molecular complexity index is 521. The Morgan fingerprint density at radius 1 is 1.55 bits per heavy atom.